The van der Waals surface area contributed by atoms with Gasteiger partial charge in [0.05, 0.1) is 0 Å². The standard InChI is InChI=1S/C11H13N3OS/c1-6-5-10(7(2)4-9(6)12)15-11-14-13-8(3)16-11/h4-5H,12H2,1-3H3. The highest BCUT2D eigenvalue weighted by Gasteiger charge is 2.07. The summed E-state index contributed by atoms with van der Waals surface area (Å²) < 4.78 is 5.66. The number of nitrogens with two attached hydrogens (primary N) is 1. The van der Waals surface area contributed by atoms with Gasteiger partial charge in [-0.15, -0.1) is 5.10 Å². The summed E-state index contributed by atoms with van der Waals surface area (Å²) >= 11 is 1.43. The molecule has 2 rings (SSSR count). The first-order chi connectivity index (χ1) is 7.56. The smallest absolute Gasteiger partial charge is 0.299 e. The van der Waals surface area contributed by atoms with Crippen LogP contribution in [-0.2, 0) is 0 Å². The predicted molar refractivity (Wildman–Crippen MR) is 65.0 cm³/mol. The normalized spacial score (nSPS) is 10.4. The van der Waals surface area contributed by atoms with Crippen LogP contribution >= 0.6 is 11.3 Å². The molecule has 0 amide bonds. The monoisotopic (exact) mass is 235 g/mol. The molecule has 0 saturated carbocycles. The quantitative estimate of drug-likeness (QED) is 0.813. The van der Waals surface area contributed by atoms with Gasteiger partial charge >= 0.3 is 0 Å². The summed E-state index contributed by atoms with van der Waals surface area (Å²) in [4.78, 5) is 0. The van der Waals surface area contributed by atoms with Crippen LogP contribution in [0.1, 0.15) is 16.1 Å². The number of anilines is 1. The molecule has 0 fully saturated rings. The van der Waals surface area contributed by atoms with Crippen molar-refractivity contribution in [3.05, 3.63) is 28.3 Å². The van der Waals surface area contributed by atoms with Crippen molar-refractivity contribution in [3.8, 4) is 10.9 Å². The minimum atomic E-state index is 0.560. The topological polar surface area (TPSA) is 61.0 Å². The molecule has 1 heterocycles. The minimum absolute atomic E-state index is 0.560. The van der Waals surface area contributed by atoms with Gasteiger partial charge < -0.3 is 10.5 Å². The average Bonchev–Trinajstić information content (AvgIpc) is 2.60. The molecule has 0 bridgehead atoms. The van der Waals surface area contributed by atoms with Gasteiger partial charge in [0, 0.05) is 5.69 Å². The molecule has 2 aromatic rings. The van der Waals surface area contributed by atoms with Crippen molar-refractivity contribution < 1.29 is 4.74 Å². The van der Waals surface area contributed by atoms with Gasteiger partial charge in [0.2, 0.25) is 0 Å². The van der Waals surface area contributed by atoms with Crippen LogP contribution in [0.15, 0.2) is 12.1 Å². The SMILES string of the molecule is Cc1nnc(Oc2cc(C)c(N)cc2C)s1. The first-order valence-corrected chi connectivity index (χ1v) is 5.72. The van der Waals surface area contributed by atoms with E-state index in [4.69, 9.17) is 10.5 Å². The van der Waals surface area contributed by atoms with Crippen molar-refractivity contribution >= 4 is 17.0 Å². The second kappa shape index (κ2) is 4.09. The fourth-order valence-corrected chi connectivity index (χ4v) is 1.88. The maximum atomic E-state index is 5.81. The third kappa shape index (κ3) is 2.14. The molecule has 0 atom stereocenters. The molecule has 5 heteroatoms. The molecule has 1 aromatic heterocycles. The first kappa shape index (κ1) is 10.9. The van der Waals surface area contributed by atoms with E-state index in [1.807, 2.05) is 32.9 Å². The second-order valence-corrected chi connectivity index (χ2v) is 4.81. The zero-order valence-electron chi connectivity index (χ0n) is 9.44. The number of ether oxygens (including phenoxy) is 1. The lowest BCUT2D eigenvalue weighted by Crippen LogP contribution is -1.94. The highest BCUT2D eigenvalue weighted by atomic mass is 32.1. The highest BCUT2D eigenvalue weighted by Crippen LogP contribution is 2.30. The first-order valence-electron chi connectivity index (χ1n) is 4.91. The summed E-state index contributed by atoms with van der Waals surface area (Å²) in [6, 6.07) is 3.82. The summed E-state index contributed by atoms with van der Waals surface area (Å²) in [5, 5.41) is 9.27. The van der Waals surface area contributed by atoms with Crippen molar-refractivity contribution in [2.75, 3.05) is 5.73 Å². The summed E-state index contributed by atoms with van der Waals surface area (Å²) in [6.07, 6.45) is 0. The van der Waals surface area contributed by atoms with Gasteiger partial charge in [-0.2, -0.15) is 0 Å². The molecular formula is C11H13N3OS. The van der Waals surface area contributed by atoms with Gasteiger partial charge in [-0.05, 0) is 44.0 Å². The Morgan fingerprint density at radius 1 is 1.12 bits per heavy atom. The van der Waals surface area contributed by atoms with Gasteiger partial charge in [-0.3, -0.25) is 0 Å². The van der Waals surface area contributed by atoms with Gasteiger partial charge in [0.1, 0.15) is 10.8 Å². The van der Waals surface area contributed by atoms with E-state index in [1.54, 1.807) is 0 Å². The van der Waals surface area contributed by atoms with E-state index in [-0.39, 0.29) is 0 Å². The van der Waals surface area contributed by atoms with E-state index in [0.717, 1.165) is 27.6 Å². The Morgan fingerprint density at radius 3 is 2.50 bits per heavy atom. The highest BCUT2D eigenvalue weighted by molar-refractivity contribution is 7.13. The van der Waals surface area contributed by atoms with E-state index in [0.29, 0.717) is 5.19 Å². The van der Waals surface area contributed by atoms with Crippen LogP contribution < -0.4 is 10.5 Å². The van der Waals surface area contributed by atoms with Gasteiger partial charge in [0.25, 0.3) is 5.19 Å². The Hall–Kier alpha value is -1.62. The van der Waals surface area contributed by atoms with Crippen molar-refractivity contribution in [1.29, 1.82) is 0 Å². The zero-order chi connectivity index (χ0) is 11.7. The molecule has 0 radical (unpaired) electrons. The summed E-state index contributed by atoms with van der Waals surface area (Å²) in [5.41, 5.74) is 8.58. The minimum Gasteiger partial charge on any atom is -0.430 e. The second-order valence-electron chi connectivity index (χ2n) is 3.66. The van der Waals surface area contributed by atoms with Crippen molar-refractivity contribution in [2.45, 2.75) is 20.8 Å². The molecule has 4 nitrogen and oxygen atoms in total. The molecule has 84 valence electrons. The van der Waals surface area contributed by atoms with Gasteiger partial charge in [0.15, 0.2) is 0 Å². The number of nitrogen functional groups attached to an aromatic ring is 1. The van der Waals surface area contributed by atoms with Gasteiger partial charge in [-0.25, -0.2) is 0 Å². The van der Waals surface area contributed by atoms with E-state index < -0.39 is 0 Å². The molecule has 0 saturated heterocycles. The summed E-state index contributed by atoms with van der Waals surface area (Å²) in [7, 11) is 0. The fraction of sp³-hybridized carbons (Fsp3) is 0.273. The van der Waals surface area contributed by atoms with Crippen LogP contribution in [0, 0.1) is 20.8 Å². The molecule has 0 aliphatic heterocycles. The maximum absolute atomic E-state index is 5.81. The van der Waals surface area contributed by atoms with Crippen LogP contribution in [-0.4, -0.2) is 10.2 Å². The van der Waals surface area contributed by atoms with Crippen LogP contribution in [0.25, 0.3) is 0 Å². The number of nitrogens with zero attached hydrogens (tertiary/aromatic N) is 2. The Bertz CT molecular complexity index is 522. The predicted octanol–water partition coefficient (Wildman–Crippen LogP) is 2.84. The Kier molecular flexibility index (Phi) is 2.78. The van der Waals surface area contributed by atoms with Crippen molar-refractivity contribution in [2.24, 2.45) is 0 Å². The average molecular weight is 235 g/mol. The molecule has 0 unspecified atom stereocenters. The zero-order valence-corrected chi connectivity index (χ0v) is 10.3. The van der Waals surface area contributed by atoms with Gasteiger partial charge in [-0.1, -0.05) is 16.4 Å². The van der Waals surface area contributed by atoms with Crippen molar-refractivity contribution in [1.82, 2.24) is 10.2 Å². The van der Waals surface area contributed by atoms with Crippen LogP contribution in [0.3, 0.4) is 0 Å². The lowest BCUT2D eigenvalue weighted by Gasteiger charge is -2.08. The van der Waals surface area contributed by atoms with E-state index >= 15 is 0 Å². The number of aromatic nitrogens is 2. The lowest BCUT2D eigenvalue weighted by atomic mass is 10.1. The van der Waals surface area contributed by atoms with Crippen LogP contribution in [0.2, 0.25) is 0 Å². The van der Waals surface area contributed by atoms with Crippen LogP contribution in [0.5, 0.6) is 10.9 Å². The number of rotatable bonds is 2. The lowest BCUT2D eigenvalue weighted by molar-refractivity contribution is 0.469. The van der Waals surface area contributed by atoms with E-state index in [2.05, 4.69) is 10.2 Å². The fourth-order valence-electron chi connectivity index (χ4n) is 1.34. The molecular weight excluding hydrogens is 222 g/mol. The number of benzene rings is 1. The number of hydrogen-bond donors (Lipinski definition) is 1. The third-order valence-electron chi connectivity index (χ3n) is 2.27. The molecule has 0 aliphatic rings. The van der Waals surface area contributed by atoms with E-state index in [1.165, 1.54) is 11.3 Å². The third-order valence-corrected chi connectivity index (χ3v) is 2.99. The molecule has 0 spiro atoms. The summed E-state index contributed by atoms with van der Waals surface area (Å²) in [6.45, 7) is 5.80. The molecule has 2 N–H and O–H groups in total. The number of aryl methyl sites for hydroxylation is 3. The Morgan fingerprint density at radius 2 is 1.88 bits per heavy atom. The Labute approximate surface area is 98.1 Å². The Balaban J connectivity index is 2.31. The van der Waals surface area contributed by atoms with Crippen LogP contribution in [0.4, 0.5) is 5.69 Å². The largest absolute Gasteiger partial charge is 0.430 e. The summed E-state index contributed by atoms with van der Waals surface area (Å²) in [5.74, 6) is 0.780. The van der Waals surface area contributed by atoms with E-state index in [9.17, 15) is 0 Å². The number of hydrogen-bond acceptors (Lipinski definition) is 5. The maximum Gasteiger partial charge on any atom is 0.299 e. The van der Waals surface area contributed by atoms with Crippen molar-refractivity contribution in [3.63, 3.8) is 0 Å². The molecule has 0 aliphatic carbocycles. The molecule has 1 aromatic carbocycles. The molecule has 16 heavy (non-hydrogen) atoms.